The highest BCUT2D eigenvalue weighted by Gasteiger charge is 2.27. The minimum atomic E-state index is -4.10. The molecule has 1 amide bonds. The third-order valence-electron chi connectivity index (χ3n) is 4.43. The average Bonchev–Trinajstić information content (AvgIpc) is 2.74. The van der Waals surface area contributed by atoms with Gasteiger partial charge in [0.1, 0.15) is 12.3 Å². The van der Waals surface area contributed by atoms with E-state index in [2.05, 4.69) is 5.32 Å². The van der Waals surface area contributed by atoms with Crippen molar-refractivity contribution in [2.45, 2.75) is 11.8 Å². The molecule has 0 fully saturated rings. The van der Waals surface area contributed by atoms with Gasteiger partial charge in [-0.3, -0.25) is 9.10 Å². The molecule has 0 radical (unpaired) electrons. The number of rotatable bonds is 7. The number of amides is 1. The molecule has 162 valence electrons. The Kier molecular flexibility index (Phi) is 6.55. The molecule has 0 saturated carbocycles. The zero-order chi connectivity index (χ0) is 22.6. The molecular formula is C22H20F2N2O4S. The van der Waals surface area contributed by atoms with Gasteiger partial charge in [-0.2, -0.15) is 0 Å². The standard InChI is InChI=1S/C22H20F2N2O4S/c1-15-4-3-5-19(12-15)31(28,29)26(17-7-9-18(30-2)10-8-17)14-22(27)25-16-6-11-20(23)21(24)13-16/h3-13H,14H2,1-2H3,(H,25,27). The van der Waals surface area contributed by atoms with Gasteiger partial charge in [0.15, 0.2) is 11.6 Å². The smallest absolute Gasteiger partial charge is 0.264 e. The van der Waals surface area contributed by atoms with E-state index in [-0.39, 0.29) is 16.3 Å². The Bertz CT molecular complexity index is 1200. The van der Waals surface area contributed by atoms with Crippen LogP contribution in [0.25, 0.3) is 0 Å². The van der Waals surface area contributed by atoms with Gasteiger partial charge in [-0.15, -0.1) is 0 Å². The predicted molar refractivity (Wildman–Crippen MR) is 114 cm³/mol. The van der Waals surface area contributed by atoms with E-state index in [1.807, 2.05) is 0 Å². The lowest BCUT2D eigenvalue weighted by atomic mass is 10.2. The first-order valence-corrected chi connectivity index (χ1v) is 10.6. The van der Waals surface area contributed by atoms with E-state index in [0.717, 1.165) is 22.0 Å². The first kappa shape index (κ1) is 22.2. The van der Waals surface area contributed by atoms with E-state index in [1.54, 1.807) is 31.2 Å². The third kappa shape index (κ3) is 5.18. The SMILES string of the molecule is COc1ccc(N(CC(=O)Nc2ccc(F)c(F)c2)S(=O)(=O)c2cccc(C)c2)cc1. The van der Waals surface area contributed by atoms with Gasteiger partial charge in [-0.1, -0.05) is 12.1 Å². The highest BCUT2D eigenvalue weighted by atomic mass is 32.2. The van der Waals surface area contributed by atoms with Gasteiger partial charge < -0.3 is 10.1 Å². The van der Waals surface area contributed by atoms with Gasteiger partial charge in [0.2, 0.25) is 5.91 Å². The fraction of sp³-hybridized carbons (Fsp3) is 0.136. The molecule has 0 aromatic heterocycles. The second-order valence-corrected chi connectivity index (χ2v) is 8.57. The lowest BCUT2D eigenvalue weighted by Crippen LogP contribution is -2.38. The van der Waals surface area contributed by atoms with Crippen LogP contribution in [0, 0.1) is 18.6 Å². The number of methoxy groups -OCH3 is 1. The number of sulfonamides is 1. The topological polar surface area (TPSA) is 75.7 Å². The summed E-state index contributed by atoms with van der Waals surface area (Å²) < 4.78 is 59.3. The van der Waals surface area contributed by atoms with Crippen LogP contribution >= 0.6 is 0 Å². The number of hydrogen-bond acceptors (Lipinski definition) is 4. The van der Waals surface area contributed by atoms with E-state index in [4.69, 9.17) is 4.74 Å². The minimum Gasteiger partial charge on any atom is -0.497 e. The van der Waals surface area contributed by atoms with Crippen LogP contribution in [0.4, 0.5) is 20.2 Å². The Morgan fingerprint density at radius 1 is 1.00 bits per heavy atom. The maximum absolute atomic E-state index is 13.4. The number of nitrogens with zero attached hydrogens (tertiary/aromatic N) is 1. The van der Waals surface area contributed by atoms with Gasteiger partial charge in [0, 0.05) is 11.8 Å². The number of halogens is 2. The van der Waals surface area contributed by atoms with E-state index < -0.39 is 34.1 Å². The largest absolute Gasteiger partial charge is 0.497 e. The van der Waals surface area contributed by atoms with Crippen molar-refractivity contribution in [3.63, 3.8) is 0 Å². The number of aryl methyl sites for hydroxylation is 1. The van der Waals surface area contributed by atoms with Gasteiger partial charge in [0.05, 0.1) is 17.7 Å². The second kappa shape index (κ2) is 9.13. The Morgan fingerprint density at radius 3 is 2.32 bits per heavy atom. The highest BCUT2D eigenvalue weighted by Crippen LogP contribution is 2.26. The third-order valence-corrected chi connectivity index (χ3v) is 6.20. The maximum Gasteiger partial charge on any atom is 0.264 e. The monoisotopic (exact) mass is 446 g/mol. The van der Waals surface area contributed by atoms with Crippen molar-refractivity contribution in [2.24, 2.45) is 0 Å². The summed E-state index contributed by atoms with van der Waals surface area (Å²) in [6, 6.07) is 15.3. The van der Waals surface area contributed by atoms with Gasteiger partial charge >= 0.3 is 0 Å². The Hall–Kier alpha value is -3.46. The quantitative estimate of drug-likeness (QED) is 0.593. The van der Waals surface area contributed by atoms with Crippen LogP contribution in [-0.2, 0) is 14.8 Å². The highest BCUT2D eigenvalue weighted by molar-refractivity contribution is 7.92. The Balaban J connectivity index is 1.95. The summed E-state index contributed by atoms with van der Waals surface area (Å²) in [4.78, 5) is 12.6. The van der Waals surface area contributed by atoms with Gasteiger partial charge in [-0.25, -0.2) is 17.2 Å². The van der Waals surface area contributed by atoms with Crippen molar-refractivity contribution < 1.29 is 26.7 Å². The summed E-state index contributed by atoms with van der Waals surface area (Å²) in [5.41, 5.74) is 0.983. The fourth-order valence-electron chi connectivity index (χ4n) is 2.87. The average molecular weight is 446 g/mol. The molecule has 0 unspecified atom stereocenters. The van der Waals surface area contributed by atoms with Crippen molar-refractivity contribution in [1.29, 1.82) is 0 Å². The lowest BCUT2D eigenvalue weighted by Gasteiger charge is -2.24. The van der Waals surface area contributed by atoms with Crippen molar-refractivity contribution in [3.05, 3.63) is 83.9 Å². The van der Waals surface area contributed by atoms with Crippen LogP contribution in [-0.4, -0.2) is 28.0 Å². The fourth-order valence-corrected chi connectivity index (χ4v) is 4.40. The van der Waals surface area contributed by atoms with Crippen LogP contribution in [0.5, 0.6) is 5.75 Å². The molecule has 0 aliphatic heterocycles. The van der Waals surface area contributed by atoms with E-state index in [1.165, 1.54) is 37.4 Å². The predicted octanol–water partition coefficient (Wildman–Crippen LogP) is 4.12. The van der Waals surface area contributed by atoms with E-state index in [9.17, 15) is 22.0 Å². The number of anilines is 2. The van der Waals surface area contributed by atoms with Crippen molar-refractivity contribution >= 4 is 27.3 Å². The zero-order valence-corrected chi connectivity index (χ0v) is 17.6. The number of benzene rings is 3. The minimum absolute atomic E-state index is 0.00605. The summed E-state index contributed by atoms with van der Waals surface area (Å²) >= 11 is 0. The molecule has 9 heteroatoms. The molecule has 6 nitrogen and oxygen atoms in total. The number of hydrogen-bond donors (Lipinski definition) is 1. The number of ether oxygens (including phenoxy) is 1. The summed E-state index contributed by atoms with van der Waals surface area (Å²) in [7, 11) is -2.62. The Labute approximate surface area is 179 Å². The van der Waals surface area contributed by atoms with Crippen LogP contribution in [0.2, 0.25) is 0 Å². The lowest BCUT2D eigenvalue weighted by molar-refractivity contribution is -0.114. The molecule has 0 saturated heterocycles. The normalized spacial score (nSPS) is 11.1. The molecule has 1 N–H and O–H groups in total. The van der Waals surface area contributed by atoms with E-state index >= 15 is 0 Å². The summed E-state index contributed by atoms with van der Waals surface area (Å²) in [5, 5.41) is 2.39. The molecule has 0 spiro atoms. The summed E-state index contributed by atoms with van der Waals surface area (Å²) in [5.74, 6) is -2.39. The number of nitrogens with one attached hydrogen (secondary N) is 1. The maximum atomic E-state index is 13.4. The Morgan fingerprint density at radius 2 is 1.71 bits per heavy atom. The molecule has 3 aromatic rings. The molecule has 3 aromatic carbocycles. The van der Waals surface area contributed by atoms with Crippen LogP contribution in [0.15, 0.2) is 71.6 Å². The molecule has 0 aliphatic carbocycles. The summed E-state index contributed by atoms with van der Waals surface area (Å²) in [6.07, 6.45) is 0. The molecule has 31 heavy (non-hydrogen) atoms. The molecule has 0 heterocycles. The first-order chi connectivity index (χ1) is 14.7. The van der Waals surface area contributed by atoms with E-state index in [0.29, 0.717) is 5.75 Å². The van der Waals surface area contributed by atoms with Crippen LogP contribution < -0.4 is 14.4 Å². The zero-order valence-electron chi connectivity index (χ0n) is 16.8. The molecule has 0 aliphatic rings. The molecule has 3 rings (SSSR count). The second-order valence-electron chi connectivity index (χ2n) is 6.70. The number of carbonyl (C=O) groups excluding carboxylic acids is 1. The number of carbonyl (C=O) groups is 1. The summed E-state index contributed by atoms with van der Waals surface area (Å²) in [6.45, 7) is 1.17. The van der Waals surface area contributed by atoms with Gasteiger partial charge in [-0.05, 0) is 61.0 Å². The van der Waals surface area contributed by atoms with Gasteiger partial charge in [0.25, 0.3) is 10.0 Å². The van der Waals surface area contributed by atoms with Crippen molar-refractivity contribution in [2.75, 3.05) is 23.3 Å². The first-order valence-electron chi connectivity index (χ1n) is 9.19. The van der Waals surface area contributed by atoms with Crippen LogP contribution in [0.1, 0.15) is 5.56 Å². The molecule has 0 bridgehead atoms. The molecule has 0 atom stereocenters. The van der Waals surface area contributed by atoms with Crippen molar-refractivity contribution in [1.82, 2.24) is 0 Å². The van der Waals surface area contributed by atoms with Crippen molar-refractivity contribution in [3.8, 4) is 5.75 Å². The van der Waals surface area contributed by atoms with Crippen LogP contribution in [0.3, 0.4) is 0 Å². The molecular weight excluding hydrogens is 426 g/mol.